The molecule has 1 heterocycles. The van der Waals surface area contributed by atoms with Crippen molar-refractivity contribution in [2.24, 2.45) is 0 Å². The van der Waals surface area contributed by atoms with Gasteiger partial charge in [0.25, 0.3) is 0 Å². The van der Waals surface area contributed by atoms with E-state index in [9.17, 15) is 123 Å². The second-order valence-corrected chi connectivity index (χ2v) is 16.3. The van der Waals surface area contributed by atoms with E-state index in [1.807, 2.05) is 0 Å². The van der Waals surface area contributed by atoms with Crippen LogP contribution >= 0.6 is 0 Å². The van der Waals surface area contributed by atoms with E-state index in [0.717, 1.165) is 12.1 Å². The van der Waals surface area contributed by atoms with E-state index in [0.29, 0.717) is 5.56 Å². The molecule has 0 unspecified atom stereocenters. The van der Waals surface area contributed by atoms with Crippen molar-refractivity contribution in [1.29, 1.82) is 0 Å². The lowest BCUT2D eigenvalue weighted by Crippen LogP contribution is -2.75. The molecule has 0 saturated carbocycles. The van der Waals surface area contributed by atoms with Gasteiger partial charge in [-0.25, -0.2) is 0 Å². The number of nitrogens with zero attached hydrogens (tertiary/aromatic N) is 1. The Hall–Kier alpha value is -6.91. The summed E-state index contributed by atoms with van der Waals surface area (Å²) in [6, 6.07) is 1.73. The first-order valence-electron chi connectivity index (χ1n) is 20.2. The Balaban J connectivity index is 0.000000468. The van der Waals surface area contributed by atoms with Crippen molar-refractivity contribution < 1.29 is 128 Å². The fraction of sp³-hybridized carbons (Fsp3) is 0.217. The molecular formula is C46H23BF27NO. The smallest absolute Gasteiger partial charge is 0.287 e. The number of halogens is 27. The van der Waals surface area contributed by atoms with Gasteiger partial charge in [0.2, 0.25) is 12.3 Å². The predicted octanol–water partition coefficient (Wildman–Crippen LogP) is 14.1. The average Bonchev–Trinajstić information content (AvgIpc) is 3.27. The average molecular weight is 1130 g/mol. The second-order valence-electron chi connectivity index (χ2n) is 16.3. The minimum absolute atomic E-state index is 0.0160. The van der Waals surface area contributed by atoms with Gasteiger partial charge in [-0.05, 0) is 24.3 Å². The van der Waals surface area contributed by atoms with Gasteiger partial charge in [0.15, 0.2) is 12.4 Å². The van der Waals surface area contributed by atoms with Crippen molar-refractivity contribution in [2.75, 3.05) is 0 Å². The maximum absolute atomic E-state index is 14.2. The summed E-state index contributed by atoms with van der Waals surface area (Å²) in [5.41, 5.74) is -30.4. The van der Waals surface area contributed by atoms with Crippen molar-refractivity contribution in [3.05, 3.63) is 183 Å². The molecule has 0 aliphatic carbocycles. The third-order valence-electron chi connectivity index (χ3n) is 11.1. The fourth-order valence-corrected chi connectivity index (χ4v) is 7.70. The Bertz CT molecular complexity index is 2610. The van der Waals surface area contributed by atoms with Crippen LogP contribution in [0.4, 0.5) is 119 Å². The molecule has 0 atom stereocenters. The van der Waals surface area contributed by atoms with E-state index in [-0.39, 0.29) is 12.3 Å². The zero-order valence-corrected chi connectivity index (χ0v) is 36.5. The van der Waals surface area contributed by atoms with Crippen LogP contribution in [-0.2, 0) is 62.1 Å². The Morgan fingerprint density at radius 2 is 0.513 bits per heavy atom. The van der Waals surface area contributed by atoms with Crippen LogP contribution in [0.25, 0.3) is 0 Å². The van der Waals surface area contributed by atoms with Gasteiger partial charge in [0.1, 0.15) is 6.15 Å². The number of alkyl halides is 27. The fourth-order valence-electron chi connectivity index (χ4n) is 7.70. The van der Waals surface area contributed by atoms with Crippen LogP contribution in [0, 0.1) is 0 Å². The van der Waals surface area contributed by atoms with Crippen LogP contribution in [0.1, 0.15) is 60.4 Å². The standard InChI is InChI=1S/C32H12BF24.C14H11F3NO/c34-25(35,36)13-1-14(26(37,38)39)6-21(5-13)33(22-7-15(27(40,41)42)2-16(8-22)28(43,44)45,23-9-17(29(46,47)48)3-18(10-23)30(49,50)51)24-11-19(31(52,53)54)4-20(12-24)32(55,56)57;15-14(16,17)12-6-8-18(9-7-12)10-13(19)11-4-2-1-3-5-11/h1-12H;1-9H,10H2/q-1;+1. The Labute approximate surface area is 406 Å². The lowest BCUT2D eigenvalue weighted by molar-refractivity contribution is -0.683. The number of aromatic nitrogens is 1. The van der Waals surface area contributed by atoms with Crippen LogP contribution in [-0.4, -0.2) is 11.9 Å². The van der Waals surface area contributed by atoms with Gasteiger partial charge in [-0.2, -0.15) is 145 Å². The van der Waals surface area contributed by atoms with Crippen LogP contribution in [0.15, 0.2) is 128 Å². The first-order valence-corrected chi connectivity index (χ1v) is 20.2. The molecule has 0 aliphatic rings. The maximum Gasteiger partial charge on any atom is 0.416 e. The molecule has 2 nitrogen and oxygen atoms in total. The van der Waals surface area contributed by atoms with E-state index in [1.165, 1.54) is 17.0 Å². The largest absolute Gasteiger partial charge is 0.416 e. The molecule has 0 saturated heterocycles. The van der Waals surface area contributed by atoms with Gasteiger partial charge in [-0.15, -0.1) is 0 Å². The number of pyridine rings is 1. The van der Waals surface area contributed by atoms with E-state index in [1.54, 1.807) is 30.3 Å². The zero-order valence-electron chi connectivity index (χ0n) is 36.5. The molecule has 30 heteroatoms. The van der Waals surface area contributed by atoms with E-state index < -0.39 is 206 Å². The topological polar surface area (TPSA) is 20.9 Å². The molecule has 6 aromatic rings. The summed E-state index contributed by atoms with van der Waals surface area (Å²) in [6.07, 6.45) is -56.7. The number of carbonyl (C=O) groups is 1. The molecule has 0 spiro atoms. The molecule has 0 fully saturated rings. The second kappa shape index (κ2) is 20.2. The number of carbonyl (C=O) groups excluding carboxylic acids is 1. The zero-order chi connectivity index (χ0) is 57.8. The third-order valence-corrected chi connectivity index (χ3v) is 11.1. The number of benzene rings is 5. The SMILES string of the molecule is FC(F)(F)c1cc([B-](c2cc(C(F)(F)F)cc(C(F)(F)F)c2)(c2cc(C(F)(F)F)cc(C(F)(F)F)c2)c2cc(C(F)(F)F)cc(C(F)(F)F)c2)cc(C(F)(F)F)c1.O=C(C[n+]1ccc(C(F)(F)F)cc1)c1ccccc1. The monoisotopic (exact) mass is 1130 g/mol. The third kappa shape index (κ3) is 13.9. The summed E-state index contributed by atoms with van der Waals surface area (Å²) in [5.74, 6) is -0.148. The van der Waals surface area contributed by atoms with E-state index in [2.05, 4.69) is 0 Å². The quantitative estimate of drug-likeness (QED) is 0.0675. The highest BCUT2D eigenvalue weighted by atomic mass is 19.4. The normalized spacial score (nSPS) is 13.6. The summed E-state index contributed by atoms with van der Waals surface area (Å²) in [4.78, 5) is 11.9. The molecule has 0 aliphatic heterocycles. The maximum atomic E-state index is 14.2. The minimum atomic E-state index is -6.13. The molecule has 6 rings (SSSR count). The highest BCUT2D eigenvalue weighted by Gasteiger charge is 2.47. The highest BCUT2D eigenvalue weighted by molar-refractivity contribution is 7.20. The Kier molecular flexibility index (Phi) is 16.0. The van der Waals surface area contributed by atoms with Crippen molar-refractivity contribution in [3.8, 4) is 0 Å². The number of hydrogen-bond donors (Lipinski definition) is 0. The van der Waals surface area contributed by atoms with Gasteiger partial charge in [-0.3, -0.25) is 4.79 Å². The first-order chi connectivity index (χ1) is 34.2. The van der Waals surface area contributed by atoms with Crippen LogP contribution in [0.2, 0.25) is 0 Å². The van der Waals surface area contributed by atoms with Gasteiger partial charge >= 0.3 is 55.6 Å². The Morgan fingerprint density at radius 3 is 0.711 bits per heavy atom. The molecule has 76 heavy (non-hydrogen) atoms. The molecular weight excluding hydrogens is 1110 g/mol. The summed E-state index contributed by atoms with van der Waals surface area (Å²) < 4.78 is 379. The summed E-state index contributed by atoms with van der Waals surface area (Å²) in [6.45, 7) is 0.0160. The minimum Gasteiger partial charge on any atom is -0.287 e. The molecule has 0 N–H and O–H groups in total. The molecule has 410 valence electrons. The van der Waals surface area contributed by atoms with E-state index in [4.69, 9.17) is 0 Å². The van der Waals surface area contributed by atoms with Gasteiger partial charge in [0, 0.05) is 17.7 Å². The van der Waals surface area contributed by atoms with Gasteiger partial charge < -0.3 is 0 Å². The van der Waals surface area contributed by atoms with Crippen molar-refractivity contribution in [2.45, 2.75) is 62.1 Å². The van der Waals surface area contributed by atoms with Crippen molar-refractivity contribution in [3.63, 3.8) is 0 Å². The number of Topliss-reactive ketones (excluding diaryl/α,β-unsaturated/α-hetero) is 1. The molecule has 0 radical (unpaired) electrons. The summed E-state index contributed by atoms with van der Waals surface area (Å²) in [7, 11) is 0. The highest BCUT2D eigenvalue weighted by Crippen LogP contribution is 2.41. The van der Waals surface area contributed by atoms with Crippen LogP contribution < -0.4 is 26.4 Å². The number of ketones is 1. The van der Waals surface area contributed by atoms with Crippen molar-refractivity contribution in [1.82, 2.24) is 0 Å². The van der Waals surface area contributed by atoms with Crippen LogP contribution in [0.3, 0.4) is 0 Å². The first kappa shape index (κ1) is 60.0. The summed E-state index contributed by atoms with van der Waals surface area (Å²) in [5, 5.41) is 0. The van der Waals surface area contributed by atoms with Gasteiger partial charge in [0.05, 0.1) is 50.1 Å². The predicted molar refractivity (Wildman–Crippen MR) is 212 cm³/mol. The molecule has 0 bridgehead atoms. The molecule has 5 aromatic carbocycles. The molecule has 0 amide bonds. The molecule has 1 aromatic heterocycles. The lowest BCUT2D eigenvalue weighted by atomic mass is 9.12. The van der Waals surface area contributed by atoms with Crippen molar-refractivity contribution >= 4 is 33.8 Å². The lowest BCUT2D eigenvalue weighted by Gasteiger charge is -2.46. The van der Waals surface area contributed by atoms with Crippen LogP contribution in [0.5, 0.6) is 0 Å². The number of rotatable bonds is 7. The van der Waals surface area contributed by atoms with Gasteiger partial charge in [-0.1, -0.05) is 78.9 Å². The Morgan fingerprint density at radius 1 is 0.303 bits per heavy atom. The van der Waals surface area contributed by atoms with E-state index >= 15 is 0 Å². The summed E-state index contributed by atoms with van der Waals surface area (Å²) >= 11 is 0. The number of hydrogen-bond acceptors (Lipinski definition) is 1.